The van der Waals surface area contributed by atoms with Gasteiger partial charge in [-0.05, 0) is 68.8 Å². The summed E-state index contributed by atoms with van der Waals surface area (Å²) in [5.74, 6) is 2.58. The number of thioether (sulfide) groups is 1. The Morgan fingerprint density at radius 1 is 1.00 bits per heavy atom. The fourth-order valence-electron chi connectivity index (χ4n) is 5.65. The first-order valence-corrected chi connectivity index (χ1v) is 13.3. The number of hydrogen-bond donors (Lipinski definition) is 0. The van der Waals surface area contributed by atoms with E-state index in [-0.39, 0.29) is 0 Å². The first kappa shape index (κ1) is 23.8. The maximum absolute atomic E-state index is 12.9. The van der Waals surface area contributed by atoms with Gasteiger partial charge in [-0.2, -0.15) is 13.2 Å². The zero-order valence-electron chi connectivity index (χ0n) is 19.7. The topological polar surface area (TPSA) is 40.4 Å². The van der Waals surface area contributed by atoms with Crippen LogP contribution in [-0.2, 0) is 13.2 Å². The van der Waals surface area contributed by atoms with Crippen molar-refractivity contribution in [3.8, 4) is 0 Å². The van der Waals surface area contributed by atoms with Crippen LogP contribution in [0.15, 0.2) is 29.4 Å². The molecule has 3 saturated heterocycles. The van der Waals surface area contributed by atoms with Crippen molar-refractivity contribution in [1.29, 1.82) is 0 Å². The standard InChI is InChI=1S/C24H33F3N6S/c1-30-22(32-12-3-2-4-13-32)28-29-23(30)34-15-5-11-31-16-18-10-14-33(21(18)17-31)20-8-6-19(7-9-20)24(25,26)27/h6-9,18,21H,2-5,10-17H2,1H3/t18-,21+/m0/s1. The van der Waals surface area contributed by atoms with Crippen LogP contribution >= 0.6 is 11.8 Å². The zero-order valence-corrected chi connectivity index (χ0v) is 20.5. The summed E-state index contributed by atoms with van der Waals surface area (Å²) in [6, 6.07) is 6.06. The normalized spacial score (nSPS) is 23.6. The van der Waals surface area contributed by atoms with E-state index in [1.54, 1.807) is 23.9 Å². The molecule has 0 unspecified atom stereocenters. The van der Waals surface area contributed by atoms with Crippen LogP contribution < -0.4 is 9.80 Å². The van der Waals surface area contributed by atoms with Crippen LogP contribution in [0, 0.1) is 5.92 Å². The molecular weight excluding hydrogens is 461 g/mol. The number of nitrogens with zero attached hydrogens (tertiary/aromatic N) is 6. The van der Waals surface area contributed by atoms with Crippen LogP contribution in [0.5, 0.6) is 0 Å². The highest BCUT2D eigenvalue weighted by molar-refractivity contribution is 7.99. The third kappa shape index (κ3) is 5.03. The van der Waals surface area contributed by atoms with Gasteiger partial charge in [-0.15, -0.1) is 10.2 Å². The van der Waals surface area contributed by atoms with Crippen molar-refractivity contribution in [3.05, 3.63) is 29.8 Å². The minimum absolute atomic E-state index is 0.398. The van der Waals surface area contributed by atoms with Crippen LogP contribution in [-0.4, -0.2) is 70.7 Å². The largest absolute Gasteiger partial charge is 0.416 e. The van der Waals surface area contributed by atoms with E-state index in [0.29, 0.717) is 12.0 Å². The average Bonchev–Trinajstić information content (AvgIpc) is 3.51. The summed E-state index contributed by atoms with van der Waals surface area (Å²) in [5.41, 5.74) is 0.327. The number of halogens is 3. The van der Waals surface area contributed by atoms with Gasteiger partial charge in [-0.25, -0.2) is 0 Å². The molecule has 10 heteroatoms. The van der Waals surface area contributed by atoms with E-state index in [2.05, 4.69) is 36.5 Å². The molecule has 1 aromatic carbocycles. The second kappa shape index (κ2) is 9.97. The number of alkyl halides is 3. The van der Waals surface area contributed by atoms with Gasteiger partial charge in [0, 0.05) is 57.3 Å². The molecule has 0 bridgehead atoms. The van der Waals surface area contributed by atoms with Crippen molar-refractivity contribution in [2.24, 2.45) is 13.0 Å². The number of aromatic nitrogens is 3. The fraction of sp³-hybridized carbons (Fsp3) is 0.667. The Bertz CT molecular complexity index is 957. The van der Waals surface area contributed by atoms with E-state index < -0.39 is 11.7 Å². The number of piperidine rings is 1. The molecule has 0 amide bonds. The first-order chi connectivity index (χ1) is 16.4. The second-order valence-corrected chi connectivity index (χ2v) is 10.8. The van der Waals surface area contributed by atoms with Crippen molar-refractivity contribution in [2.75, 3.05) is 54.8 Å². The Morgan fingerprint density at radius 3 is 2.50 bits per heavy atom. The molecule has 34 heavy (non-hydrogen) atoms. The highest BCUT2D eigenvalue weighted by Crippen LogP contribution is 2.37. The van der Waals surface area contributed by atoms with E-state index in [9.17, 15) is 13.2 Å². The number of benzene rings is 1. The Labute approximate surface area is 203 Å². The van der Waals surface area contributed by atoms with Gasteiger partial charge in [0.2, 0.25) is 5.95 Å². The van der Waals surface area contributed by atoms with E-state index in [0.717, 1.165) is 74.7 Å². The summed E-state index contributed by atoms with van der Waals surface area (Å²) in [7, 11) is 2.06. The second-order valence-electron chi connectivity index (χ2n) is 9.71. The van der Waals surface area contributed by atoms with Gasteiger partial charge < -0.3 is 14.7 Å². The van der Waals surface area contributed by atoms with Gasteiger partial charge >= 0.3 is 6.18 Å². The Hall–Kier alpha value is -1.94. The molecule has 186 valence electrons. The zero-order chi connectivity index (χ0) is 23.7. The lowest BCUT2D eigenvalue weighted by atomic mass is 10.0. The van der Waals surface area contributed by atoms with Gasteiger partial charge in [0.05, 0.1) is 5.56 Å². The minimum atomic E-state index is -4.28. The highest BCUT2D eigenvalue weighted by Gasteiger charge is 2.41. The lowest BCUT2D eigenvalue weighted by molar-refractivity contribution is -0.137. The molecule has 6 nitrogen and oxygen atoms in total. The quantitative estimate of drug-likeness (QED) is 0.417. The third-order valence-electron chi connectivity index (χ3n) is 7.45. The predicted molar refractivity (Wildman–Crippen MR) is 130 cm³/mol. The summed E-state index contributed by atoms with van der Waals surface area (Å²) >= 11 is 1.77. The molecule has 2 aromatic rings. The van der Waals surface area contributed by atoms with Crippen LogP contribution in [0.3, 0.4) is 0 Å². The summed E-state index contributed by atoms with van der Waals surface area (Å²) in [5, 5.41) is 9.82. The Balaban J connectivity index is 1.09. The summed E-state index contributed by atoms with van der Waals surface area (Å²) < 4.78 is 40.8. The van der Waals surface area contributed by atoms with Gasteiger partial charge in [0.15, 0.2) is 5.16 Å². The van der Waals surface area contributed by atoms with Crippen molar-refractivity contribution in [2.45, 2.75) is 49.5 Å². The summed E-state index contributed by atoms with van der Waals surface area (Å²) in [6.45, 7) is 6.16. The first-order valence-electron chi connectivity index (χ1n) is 12.3. The molecule has 3 aliphatic rings. The van der Waals surface area contributed by atoms with Gasteiger partial charge in [0.1, 0.15) is 0 Å². The number of anilines is 2. The molecule has 3 aliphatic heterocycles. The van der Waals surface area contributed by atoms with E-state index in [1.165, 1.54) is 31.4 Å². The number of fused-ring (bicyclic) bond motifs is 1. The minimum Gasteiger partial charge on any atom is -0.367 e. The monoisotopic (exact) mass is 494 g/mol. The lowest BCUT2D eigenvalue weighted by Gasteiger charge is -2.27. The molecule has 0 spiro atoms. The smallest absolute Gasteiger partial charge is 0.367 e. The molecule has 0 aliphatic carbocycles. The van der Waals surface area contributed by atoms with E-state index in [1.807, 2.05) is 0 Å². The van der Waals surface area contributed by atoms with Crippen molar-refractivity contribution < 1.29 is 13.2 Å². The number of hydrogen-bond acceptors (Lipinski definition) is 6. The molecular formula is C24H33F3N6S. The Kier molecular flexibility index (Phi) is 6.97. The molecule has 4 heterocycles. The van der Waals surface area contributed by atoms with Crippen molar-refractivity contribution >= 4 is 23.4 Å². The fourth-order valence-corrected chi connectivity index (χ4v) is 6.48. The maximum atomic E-state index is 12.9. The van der Waals surface area contributed by atoms with Gasteiger partial charge in [0.25, 0.3) is 0 Å². The molecule has 5 rings (SSSR count). The van der Waals surface area contributed by atoms with Crippen LogP contribution in [0.2, 0.25) is 0 Å². The molecule has 1 aromatic heterocycles. The van der Waals surface area contributed by atoms with Crippen LogP contribution in [0.4, 0.5) is 24.8 Å². The van der Waals surface area contributed by atoms with E-state index >= 15 is 0 Å². The average molecular weight is 495 g/mol. The number of likely N-dealkylation sites (tertiary alicyclic amines) is 1. The van der Waals surface area contributed by atoms with Gasteiger partial charge in [-0.3, -0.25) is 4.57 Å². The highest BCUT2D eigenvalue weighted by atomic mass is 32.2. The van der Waals surface area contributed by atoms with Crippen LogP contribution in [0.1, 0.15) is 37.7 Å². The van der Waals surface area contributed by atoms with Gasteiger partial charge in [-0.1, -0.05) is 11.8 Å². The molecule has 0 radical (unpaired) electrons. The van der Waals surface area contributed by atoms with Crippen molar-refractivity contribution in [3.63, 3.8) is 0 Å². The van der Waals surface area contributed by atoms with E-state index in [4.69, 9.17) is 0 Å². The summed E-state index contributed by atoms with van der Waals surface area (Å²) in [6.07, 6.45) is 1.66. The molecule has 0 N–H and O–H groups in total. The number of rotatable bonds is 7. The van der Waals surface area contributed by atoms with Crippen molar-refractivity contribution in [1.82, 2.24) is 19.7 Å². The molecule has 0 saturated carbocycles. The molecule has 3 fully saturated rings. The Morgan fingerprint density at radius 2 is 1.76 bits per heavy atom. The molecule has 2 atom stereocenters. The maximum Gasteiger partial charge on any atom is 0.416 e. The lowest BCUT2D eigenvalue weighted by Crippen LogP contribution is -2.35. The third-order valence-corrected chi connectivity index (χ3v) is 8.56. The van der Waals surface area contributed by atoms with Crippen LogP contribution in [0.25, 0.3) is 0 Å². The predicted octanol–water partition coefficient (Wildman–Crippen LogP) is 4.52. The summed E-state index contributed by atoms with van der Waals surface area (Å²) in [4.78, 5) is 7.16. The SMILES string of the molecule is Cn1c(SCCCN2C[C@@H]3CCN(c4ccc(C(F)(F)F)cc4)[C@@H]3C2)nnc1N1CCCCC1.